The Morgan fingerprint density at radius 3 is 2.69 bits per heavy atom. The summed E-state index contributed by atoms with van der Waals surface area (Å²) in [7, 11) is 0. The molecule has 1 aromatic rings. The van der Waals surface area contributed by atoms with Crippen LogP contribution in [0.1, 0.15) is 38.2 Å². The minimum absolute atomic E-state index is 0.343. The molecule has 0 spiro atoms. The van der Waals surface area contributed by atoms with Gasteiger partial charge in [-0.2, -0.15) is 0 Å². The number of aromatic hydroxyl groups is 1. The number of phenolic OH excluding ortho intramolecular Hbond substituents is 1. The van der Waals surface area contributed by atoms with Crippen molar-refractivity contribution in [2.24, 2.45) is 5.92 Å². The average molecular weight is 219 g/mol. The second-order valence-corrected chi connectivity index (χ2v) is 5.02. The van der Waals surface area contributed by atoms with Gasteiger partial charge in [-0.25, -0.2) is 0 Å². The van der Waals surface area contributed by atoms with Crippen LogP contribution in [-0.2, 0) is 6.54 Å². The molecule has 0 aliphatic heterocycles. The molecule has 0 heterocycles. The molecule has 0 amide bonds. The van der Waals surface area contributed by atoms with Crippen LogP contribution in [0.5, 0.6) is 5.75 Å². The Bertz CT molecular complexity index is 320. The number of hydrogen-bond acceptors (Lipinski definition) is 2. The average Bonchev–Trinajstić information content (AvgIpc) is 2.28. The number of hydrogen-bond donors (Lipinski definition) is 2. The lowest BCUT2D eigenvalue weighted by Crippen LogP contribution is -2.33. The molecule has 1 aliphatic rings. The molecule has 0 saturated heterocycles. The Balaban J connectivity index is 1.80. The molecule has 2 atom stereocenters. The normalized spacial score (nSPS) is 25.6. The van der Waals surface area contributed by atoms with Crippen molar-refractivity contribution in [2.45, 2.75) is 45.2 Å². The zero-order valence-corrected chi connectivity index (χ0v) is 9.95. The first-order valence-corrected chi connectivity index (χ1v) is 6.25. The van der Waals surface area contributed by atoms with Gasteiger partial charge in [-0.05, 0) is 36.5 Å². The molecule has 2 unspecified atom stereocenters. The van der Waals surface area contributed by atoms with Gasteiger partial charge in [0.15, 0.2) is 0 Å². The van der Waals surface area contributed by atoms with E-state index < -0.39 is 0 Å². The van der Waals surface area contributed by atoms with E-state index >= 15 is 0 Å². The highest BCUT2D eigenvalue weighted by Gasteiger charge is 2.17. The Morgan fingerprint density at radius 2 is 2.00 bits per heavy atom. The molecule has 1 saturated carbocycles. The maximum atomic E-state index is 9.19. The highest BCUT2D eigenvalue weighted by Crippen LogP contribution is 2.23. The molecule has 2 nitrogen and oxygen atoms in total. The van der Waals surface area contributed by atoms with E-state index in [4.69, 9.17) is 0 Å². The van der Waals surface area contributed by atoms with Gasteiger partial charge in [0.25, 0.3) is 0 Å². The van der Waals surface area contributed by atoms with Gasteiger partial charge in [-0.3, -0.25) is 0 Å². The first kappa shape index (κ1) is 11.5. The van der Waals surface area contributed by atoms with E-state index in [-0.39, 0.29) is 0 Å². The molecule has 16 heavy (non-hydrogen) atoms. The summed E-state index contributed by atoms with van der Waals surface area (Å²) < 4.78 is 0. The van der Waals surface area contributed by atoms with Gasteiger partial charge >= 0.3 is 0 Å². The highest BCUT2D eigenvalue weighted by atomic mass is 16.3. The summed E-state index contributed by atoms with van der Waals surface area (Å²) in [6.45, 7) is 3.26. The zero-order chi connectivity index (χ0) is 11.4. The van der Waals surface area contributed by atoms with Gasteiger partial charge in [0.1, 0.15) is 5.75 Å². The van der Waals surface area contributed by atoms with E-state index in [1.165, 1.54) is 31.2 Å². The molecule has 0 bridgehead atoms. The van der Waals surface area contributed by atoms with Crippen LogP contribution in [0.4, 0.5) is 0 Å². The van der Waals surface area contributed by atoms with Crippen LogP contribution >= 0.6 is 0 Å². The number of phenols is 1. The van der Waals surface area contributed by atoms with Crippen molar-refractivity contribution in [3.05, 3.63) is 29.8 Å². The fraction of sp³-hybridized carbons (Fsp3) is 0.571. The summed E-state index contributed by atoms with van der Waals surface area (Å²) in [4.78, 5) is 0. The summed E-state index contributed by atoms with van der Waals surface area (Å²) in [6.07, 6.45) is 5.35. The SMILES string of the molecule is CC1CCCC(NCc2ccc(O)cc2)C1. The van der Waals surface area contributed by atoms with Crippen molar-refractivity contribution in [1.29, 1.82) is 0 Å². The quantitative estimate of drug-likeness (QED) is 0.819. The molecule has 2 rings (SSSR count). The Hall–Kier alpha value is -1.02. The third kappa shape index (κ3) is 3.24. The molecule has 1 aromatic carbocycles. The van der Waals surface area contributed by atoms with Gasteiger partial charge in [-0.15, -0.1) is 0 Å². The Labute approximate surface area is 97.7 Å². The summed E-state index contributed by atoms with van der Waals surface area (Å²) >= 11 is 0. The second-order valence-electron chi connectivity index (χ2n) is 5.02. The van der Waals surface area contributed by atoms with Crippen LogP contribution in [0, 0.1) is 5.92 Å². The largest absolute Gasteiger partial charge is 0.508 e. The molecule has 0 radical (unpaired) electrons. The van der Waals surface area contributed by atoms with E-state index in [0.717, 1.165) is 12.5 Å². The standard InChI is InChI=1S/C14H21NO/c1-11-3-2-4-13(9-11)15-10-12-5-7-14(16)8-6-12/h5-8,11,13,15-16H,2-4,9-10H2,1H3. The van der Waals surface area contributed by atoms with Crippen LogP contribution < -0.4 is 5.32 Å². The van der Waals surface area contributed by atoms with E-state index in [9.17, 15) is 5.11 Å². The fourth-order valence-electron chi connectivity index (χ4n) is 2.50. The van der Waals surface area contributed by atoms with E-state index in [2.05, 4.69) is 12.2 Å². The molecule has 1 fully saturated rings. The lowest BCUT2D eigenvalue weighted by Gasteiger charge is -2.27. The lowest BCUT2D eigenvalue weighted by molar-refractivity contribution is 0.300. The Morgan fingerprint density at radius 1 is 1.25 bits per heavy atom. The molecule has 2 heteroatoms. The first-order valence-electron chi connectivity index (χ1n) is 6.25. The van der Waals surface area contributed by atoms with Crippen LogP contribution in [0.15, 0.2) is 24.3 Å². The van der Waals surface area contributed by atoms with Gasteiger partial charge < -0.3 is 10.4 Å². The second kappa shape index (κ2) is 5.35. The van der Waals surface area contributed by atoms with Crippen molar-refractivity contribution in [3.8, 4) is 5.75 Å². The number of benzene rings is 1. The minimum atomic E-state index is 0.343. The van der Waals surface area contributed by atoms with Crippen molar-refractivity contribution >= 4 is 0 Å². The monoisotopic (exact) mass is 219 g/mol. The molecule has 2 N–H and O–H groups in total. The summed E-state index contributed by atoms with van der Waals surface area (Å²) in [5, 5.41) is 12.8. The first-order chi connectivity index (χ1) is 7.74. The van der Waals surface area contributed by atoms with Crippen LogP contribution in [0.3, 0.4) is 0 Å². The minimum Gasteiger partial charge on any atom is -0.508 e. The summed E-state index contributed by atoms with van der Waals surface area (Å²) in [5.74, 6) is 1.21. The molecule has 88 valence electrons. The fourth-order valence-corrected chi connectivity index (χ4v) is 2.50. The van der Waals surface area contributed by atoms with Crippen molar-refractivity contribution in [3.63, 3.8) is 0 Å². The molecular formula is C14H21NO. The number of rotatable bonds is 3. The molecule has 0 aromatic heterocycles. The van der Waals surface area contributed by atoms with Crippen molar-refractivity contribution in [1.82, 2.24) is 5.32 Å². The van der Waals surface area contributed by atoms with E-state index in [0.29, 0.717) is 11.8 Å². The van der Waals surface area contributed by atoms with Crippen molar-refractivity contribution in [2.75, 3.05) is 0 Å². The highest BCUT2D eigenvalue weighted by molar-refractivity contribution is 5.25. The van der Waals surface area contributed by atoms with Gasteiger partial charge in [0, 0.05) is 12.6 Å². The Kier molecular flexibility index (Phi) is 3.83. The van der Waals surface area contributed by atoms with Crippen LogP contribution in [-0.4, -0.2) is 11.1 Å². The summed E-state index contributed by atoms with van der Waals surface area (Å²) in [5.41, 5.74) is 1.25. The third-order valence-corrected chi connectivity index (χ3v) is 3.47. The predicted molar refractivity (Wildman–Crippen MR) is 66.4 cm³/mol. The van der Waals surface area contributed by atoms with Gasteiger partial charge in [-0.1, -0.05) is 31.9 Å². The number of nitrogens with one attached hydrogen (secondary N) is 1. The topological polar surface area (TPSA) is 32.3 Å². The lowest BCUT2D eigenvalue weighted by atomic mass is 9.87. The van der Waals surface area contributed by atoms with E-state index in [1.807, 2.05) is 12.1 Å². The third-order valence-electron chi connectivity index (χ3n) is 3.47. The molecular weight excluding hydrogens is 198 g/mol. The summed E-state index contributed by atoms with van der Waals surface area (Å²) in [6, 6.07) is 8.14. The maximum Gasteiger partial charge on any atom is 0.115 e. The smallest absolute Gasteiger partial charge is 0.115 e. The van der Waals surface area contributed by atoms with Gasteiger partial charge in [0.2, 0.25) is 0 Å². The molecule has 1 aliphatic carbocycles. The van der Waals surface area contributed by atoms with Gasteiger partial charge in [0.05, 0.1) is 0 Å². The van der Waals surface area contributed by atoms with Crippen LogP contribution in [0.2, 0.25) is 0 Å². The van der Waals surface area contributed by atoms with Crippen LogP contribution in [0.25, 0.3) is 0 Å². The predicted octanol–water partition coefficient (Wildman–Crippen LogP) is 3.06. The van der Waals surface area contributed by atoms with Crippen molar-refractivity contribution < 1.29 is 5.11 Å². The zero-order valence-electron chi connectivity index (χ0n) is 9.95. The maximum absolute atomic E-state index is 9.19. The van der Waals surface area contributed by atoms with E-state index in [1.54, 1.807) is 12.1 Å².